The van der Waals surface area contributed by atoms with Crippen molar-refractivity contribution in [2.45, 2.75) is 50.3 Å². The first-order valence-corrected chi connectivity index (χ1v) is 8.85. The summed E-state index contributed by atoms with van der Waals surface area (Å²) < 4.78 is 27.9. The van der Waals surface area contributed by atoms with Crippen LogP contribution in [0.15, 0.2) is 16.3 Å². The molecule has 0 amide bonds. The first-order valence-electron chi connectivity index (χ1n) is 6.55. The van der Waals surface area contributed by atoms with Crippen molar-refractivity contribution in [1.82, 2.24) is 4.72 Å². The smallest absolute Gasteiger partial charge is 0.250 e. The molecule has 0 radical (unpaired) electrons. The van der Waals surface area contributed by atoms with Gasteiger partial charge in [0.1, 0.15) is 4.21 Å². The second-order valence-corrected chi connectivity index (χ2v) is 8.62. The zero-order valence-corrected chi connectivity index (χ0v) is 14.9. The number of hydrogen-bond donors (Lipinski definition) is 2. The molecule has 0 spiro atoms. The summed E-state index contributed by atoms with van der Waals surface area (Å²) in [7, 11) is -3.48. The first-order chi connectivity index (χ1) is 8.72. The number of thiophene rings is 1. The van der Waals surface area contributed by atoms with Gasteiger partial charge >= 0.3 is 0 Å². The Morgan fingerprint density at radius 2 is 2.00 bits per heavy atom. The second kappa shape index (κ2) is 7.75. The minimum Gasteiger partial charge on any atom is -0.329 e. The van der Waals surface area contributed by atoms with Crippen LogP contribution in [-0.2, 0) is 16.4 Å². The second-order valence-electron chi connectivity index (χ2n) is 5.54. The number of halogens is 1. The van der Waals surface area contributed by atoms with Crippen LogP contribution in [0.5, 0.6) is 0 Å². The highest BCUT2D eigenvalue weighted by molar-refractivity contribution is 7.91. The molecule has 1 aromatic rings. The van der Waals surface area contributed by atoms with Crippen LogP contribution >= 0.6 is 23.7 Å². The summed E-state index contributed by atoms with van der Waals surface area (Å²) >= 11 is 1.32. The highest BCUT2D eigenvalue weighted by atomic mass is 35.5. The topological polar surface area (TPSA) is 72.2 Å². The molecule has 1 rings (SSSR count). The van der Waals surface area contributed by atoms with Crippen LogP contribution in [0.2, 0.25) is 0 Å². The Balaban J connectivity index is 0.00000361. The van der Waals surface area contributed by atoms with Gasteiger partial charge in [0.2, 0.25) is 0 Å². The van der Waals surface area contributed by atoms with E-state index in [-0.39, 0.29) is 19.0 Å². The minimum absolute atomic E-state index is 0. The Bertz CT molecular complexity index is 514. The van der Waals surface area contributed by atoms with Gasteiger partial charge in [-0.15, -0.1) is 23.7 Å². The summed E-state index contributed by atoms with van der Waals surface area (Å²) in [5.74, 6) is 0.380. The highest BCUT2D eigenvalue weighted by Crippen LogP contribution is 2.25. The third-order valence-electron chi connectivity index (χ3n) is 2.94. The van der Waals surface area contributed by atoms with Gasteiger partial charge in [0.25, 0.3) is 10.0 Å². The van der Waals surface area contributed by atoms with Gasteiger partial charge in [0, 0.05) is 17.0 Å². The van der Waals surface area contributed by atoms with Crippen LogP contribution in [0.4, 0.5) is 0 Å². The molecule has 0 fully saturated rings. The Morgan fingerprint density at radius 1 is 1.40 bits per heavy atom. The maximum Gasteiger partial charge on any atom is 0.250 e. The summed E-state index contributed by atoms with van der Waals surface area (Å²) in [4.78, 5) is 1.07. The number of aryl methyl sites for hydroxylation is 1. The number of nitrogens with two attached hydrogens (primary N) is 1. The molecule has 0 saturated heterocycles. The fraction of sp³-hybridized carbons (Fsp3) is 0.692. The van der Waals surface area contributed by atoms with Crippen molar-refractivity contribution in [2.75, 3.05) is 6.54 Å². The molecular formula is C13H25ClN2O2S2. The lowest BCUT2D eigenvalue weighted by molar-refractivity contribution is 0.345. The summed E-state index contributed by atoms with van der Waals surface area (Å²) in [5.41, 5.74) is 5.15. The zero-order valence-electron chi connectivity index (χ0n) is 12.5. The van der Waals surface area contributed by atoms with Crippen LogP contribution in [0, 0.1) is 5.92 Å². The predicted octanol–water partition coefficient (Wildman–Crippen LogP) is 2.77. The van der Waals surface area contributed by atoms with Crippen LogP contribution in [0.25, 0.3) is 0 Å². The van der Waals surface area contributed by atoms with Crippen molar-refractivity contribution in [3.63, 3.8) is 0 Å². The van der Waals surface area contributed by atoms with E-state index in [0.717, 1.165) is 17.7 Å². The molecule has 0 aliphatic carbocycles. The largest absolute Gasteiger partial charge is 0.329 e. The number of rotatable bonds is 7. The number of nitrogens with one attached hydrogen (secondary N) is 1. The number of hydrogen-bond acceptors (Lipinski definition) is 4. The third kappa shape index (κ3) is 5.33. The quantitative estimate of drug-likeness (QED) is 0.801. The molecule has 0 aromatic carbocycles. The normalized spacial score (nSPS) is 14.9. The molecule has 20 heavy (non-hydrogen) atoms. The molecule has 1 aromatic heterocycles. The van der Waals surface area contributed by atoms with Crippen molar-refractivity contribution in [2.24, 2.45) is 11.7 Å². The maximum absolute atomic E-state index is 12.4. The van der Waals surface area contributed by atoms with Crippen LogP contribution in [0.1, 0.15) is 39.0 Å². The van der Waals surface area contributed by atoms with Gasteiger partial charge in [0.05, 0.1) is 0 Å². The van der Waals surface area contributed by atoms with Crippen LogP contribution in [0.3, 0.4) is 0 Å². The lowest BCUT2D eigenvalue weighted by Gasteiger charge is -2.30. The SMILES string of the molecule is CCc1ccc(S(=O)(=O)NC(C)(CN)CC(C)C)s1.Cl. The van der Waals surface area contributed by atoms with E-state index in [1.165, 1.54) is 11.3 Å². The van der Waals surface area contributed by atoms with Gasteiger partial charge in [-0.1, -0.05) is 20.8 Å². The summed E-state index contributed by atoms with van der Waals surface area (Å²) in [6.45, 7) is 8.28. The van der Waals surface area contributed by atoms with E-state index in [4.69, 9.17) is 5.73 Å². The Kier molecular flexibility index (Phi) is 7.70. The van der Waals surface area contributed by atoms with Gasteiger partial charge in [0.15, 0.2) is 0 Å². The summed E-state index contributed by atoms with van der Waals surface area (Å²) in [6, 6.07) is 3.53. The molecule has 0 aliphatic rings. The molecule has 1 heterocycles. The maximum atomic E-state index is 12.4. The molecular weight excluding hydrogens is 316 g/mol. The van der Waals surface area contributed by atoms with Gasteiger partial charge in [-0.25, -0.2) is 13.1 Å². The average Bonchev–Trinajstić information content (AvgIpc) is 2.76. The molecule has 0 aliphatic heterocycles. The van der Waals surface area contributed by atoms with Gasteiger partial charge < -0.3 is 5.73 Å². The Morgan fingerprint density at radius 3 is 2.40 bits per heavy atom. The van der Waals surface area contributed by atoms with E-state index >= 15 is 0 Å². The fourth-order valence-electron chi connectivity index (χ4n) is 2.14. The molecule has 4 nitrogen and oxygen atoms in total. The van der Waals surface area contributed by atoms with Gasteiger partial charge in [-0.3, -0.25) is 0 Å². The van der Waals surface area contributed by atoms with Gasteiger partial charge in [-0.2, -0.15) is 0 Å². The summed E-state index contributed by atoms with van der Waals surface area (Å²) in [6.07, 6.45) is 1.56. The molecule has 118 valence electrons. The van der Waals surface area contributed by atoms with E-state index in [9.17, 15) is 8.42 Å². The molecule has 1 unspecified atom stereocenters. The molecule has 0 saturated carbocycles. The predicted molar refractivity (Wildman–Crippen MR) is 88.2 cm³/mol. The van der Waals surface area contributed by atoms with E-state index in [2.05, 4.69) is 18.6 Å². The van der Waals surface area contributed by atoms with Gasteiger partial charge in [-0.05, 0) is 37.8 Å². The Labute approximate surface area is 132 Å². The van der Waals surface area contributed by atoms with Crippen molar-refractivity contribution in [1.29, 1.82) is 0 Å². The van der Waals surface area contributed by atoms with Crippen molar-refractivity contribution >= 4 is 33.8 Å². The molecule has 0 bridgehead atoms. The first kappa shape index (κ1) is 19.9. The average molecular weight is 341 g/mol. The zero-order chi connectivity index (χ0) is 14.7. The van der Waals surface area contributed by atoms with E-state index in [1.807, 2.05) is 19.9 Å². The molecule has 7 heteroatoms. The standard InChI is InChI=1S/C13H24N2O2S2.ClH/c1-5-11-6-7-12(18-11)19(16,17)15-13(4,9-14)8-10(2)3;/h6-7,10,15H,5,8-9,14H2,1-4H3;1H. The molecule has 3 N–H and O–H groups in total. The minimum atomic E-state index is -3.48. The third-order valence-corrected chi connectivity index (χ3v) is 6.30. The molecule has 1 atom stereocenters. The van der Waals surface area contributed by atoms with E-state index < -0.39 is 15.6 Å². The fourth-order valence-corrected chi connectivity index (χ4v) is 4.86. The van der Waals surface area contributed by atoms with Crippen LogP contribution in [-0.4, -0.2) is 20.5 Å². The van der Waals surface area contributed by atoms with E-state index in [1.54, 1.807) is 6.07 Å². The summed E-state index contributed by atoms with van der Waals surface area (Å²) in [5, 5.41) is 0. The van der Waals surface area contributed by atoms with Crippen molar-refractivity contribution in [3.05, 3.63) is 17.0 Å². The van der Waals surface area contributed by atoms with Crippen LogP contribution < -0.4 is 10.5 Å². The Hall–Kier alpha value is -0.140. The monoisotopic (exact) mass is 340 g/mol. The number of sulfonamides is 1. The van der Waals surface area contributed by atoms with Crippen molar-refractivity contribution in [3.8, 4) is 0 Å². The lowest BCUT2D eigenvalue weighted by atomic mass is 9.92. The van der Waals surface area contributed by atoms with E-state index in [0.29, 0.717) is 10.1 Å². The highest BCUT2D eigenvalue weighted by Gasteiger charge is 2.30. The van der Waals surface area contributed by atoms with Crippen molar-refractivity contribution < 1.29 is 8.42 Å². The lowest BCUT2D eigenvalue weighted by Crippen LogP contribution is -2.51.